The van der Waals surface area contributed by atoms with Crippen molar-refractivity contribution < 1.29 is 24.4 Å². The van der Waals surface area contributed by atoms with Gasteiger partial charge in [-0.2, -0.15) is 0 Å². The van der Waals surface area contributed by atoms with Gasteiger partial charge >= 0.3 is 11.9 Å². The zero-order valence-corrected chi connectivity index (χ0v) is 8.47. The number of aliphatic carboxylic acids is 2. The summed E-state index contributed by atoms with van der Waals surface area (Å²) >= 11 is 0. The SMILES string of the molecule is Cc1nn(CC(=O)O)c(C)[n+]1CC(=O)O. The van der Waals surface area contributed by atoms with E-state index in [9.17, 15) is 9.59 Å². The molecule has 0 aliphatic carbocycles. The van der Waals surface area contributed by atoms with Gasteiger partial charge in [0.1, 0.15) is 0 Å². The molecule has 0 radical (unpaired) electrons. The fourth-order valence-corrected chi connectivity index (χ4v) is 1.32. The Bertz CT molecular complexity index is 410. The standard InChI is InChI=1S/C8H11N3O4/c1-5-9-11(4-8(14)15)6(2)10(5)3-7(12)13/h3-4H2,1-2H3,(H-,12,13,14,15)/p+1. The maximum absolute atomic E-state index is 10.5. The summed E-state index contributed by atoms with van der Waals surface area (Å²) in [6.45, 7) is 2.79. The van der Waals surface area contributed by atoms with E-state index in [4.69, 9.17) is 10.2 Å². The Balaban J connectivity index is 3.03. The van der Waals surface area contributed by atoms with Crippen LogP contribution in [0.15, 0.2) is 0 Å². The molecule has 7 nitrogen and oxygen atoms in total. The van der Waals surface area contributed by atoms with Gasteiger partial charge in [0, 0.05) is 18.9 Å². The molecule has 7 heteroatoms. The van der Waals surface area contributed by atoms with Gasteiger partial charge in [0.05, 0.1) is 0 Å². The minimum atomic E-state index is -1.01. The lowest BCUT2D eigenvalue weighted by atomic mass is 10.5. The summed E-state index contributed by atoms with van der Waals surface area (Å²) in [6, 6.07) is 0. The molecule has 0 aromatic carbocycles. The lowest BCUT2D eigenvalue weighted by Crippen LogP contribution is -2.42. The Morgan fingerprint density at radius 2 is 1.93 bits per heavy atom. The van der Waals surface area contributed by atoms with Crippen LogP contribution in [-0.2, 0) is 22.7 Å². The van der Waals surface area contributed by atoms with Crippen LogP contribution in [0.3, 0.4) is 0 Å². The molecule has 82 valence electrons. The van der Waals surface area contributed by atoms with Crippen molar-refractivity contribution in [2.45, 2.75) is 26.9 Å². The summed E-state index contributed by atoms with van der Waals surface area (Å²) in [5.41, 5.74) is 0. The van der Waals surface area contributed by atoms with E-state index >= 15 is 0 Å². The molecule has 1 heterocycles. The van der Waals surface area contributed by atoms with Crippen LogP contribution in [0.5, 0.6) is 0 Å². The molecule has 0 fully saturated rings. The van der Waals surface area contributed by atoms with Crippen LogP contribution in [0.4, 0.5) is 0 Å². The van der Waals surface area contributed by atoms with Gasteiger partial charge in [0.2, 0.25) is 12.4 Å². The summed E-state index contributed by atoms with van der Waals surface area (Å²) in [5, 5.41) is 21.2. The van der Waals surface area contributed by atoms with Crippen LogP contribution in [0.1, 0.15) is 11.6 Å². The third-order valence-electron chi connectivity index (χ3n) is 2.00. The van der Waals surface area contributed by atoms with Gasteiger partial charge in [0.25, 0.3) is 5.82 Å². The normalized spacial score (nSPS) is 10.3. The van der Waals surface area contributed by atoms with Crippen LogP contribution < -0.4 is 4.57 Å². The maximum Gasteiger partial charge on any atom is 0.341 e. The highest BCUT2D eigenvalue weighted by Crippen LogP contribution is 1.94. The molecular formula is C8H12N3O4+. The van der Waals surface area contributed by atoms with E-state index < -0.39 is 11.9 Å². The van der Waals surface area contributed by atoms with E-state index in [0.717, 1.165) is 0 Å². The number of rotatable bonds is 4. The molecule has 0 aliphatic heterocycles. The molecule has 0 bridgehead atoms. The Morgan fingerprint density at radius 3 is 2.40 bits per heavy atom. The molecule has 0 atom stereocenters. The molecule has 1 aromatic heterocycles. The molecule has 0 saturated heterocycles. The zero-order chi connectivity index (χ0) is 11.6. The Hall–Kier alpha value is -1.92. The van der Waals surface area contributed by atoms with Crippen LogP contribution in [-0.4, -0.2) is 31.9 Å². The summed E-state index contributed by atoms with van der Waals surface area (Å²) in [7, 11) is 0. The number of carboxylic acids is 2. The summed E-state index contributed by atoms with van der Waals surface area (Å²) in [5.74, 6) is -1.00. The average Bonchev–Trinajstić information content (AvgIpc) is 2.31. The first kappa shape index (κ1) is 11.2. The van der Waals surface area contributed by atoms with E-state index in [2.05, 4.69) is 5.10 Å². The summed E-state index contributed by atoms with van der Waals surface area (Å²) in [4.78, 5) is 21.0. The van der Waals surface area contributed by atoms with E-state index in [0.29, 0.717) is 11.6 Å². The highest BCUT2D eigenvalue weighted by molar-refractivity contribution is 5.66. The number of hydrogen-bond donors (Lipinski definition) is 2. The summed E-state index contributed by atoms with van der Waals surface area (Å²) < 4.78 is 2.71. The number of aryl methyl sites for hydroxylation is 1. The van der Waals surface area contributed by atoms with Crippen molar-refractivity contribution in [2.75, 3.05) is 0 Å². The molecule has 0 spiro atoms. The number of carbonyl (C=O) groups is 2. The van der Waals surface area contributed by atoms with Crippen molar-refractivity contribution in [3.63, 3.8) is 0 Å². The molecular weight excluding hydrogens is 202 g/mol. The van der Waals surface area contributed by atoms with Crippen molar-refractivity contribution in [1.29, 1.82) is 0 Å². The quantitative estimate of drug-likeness (QED) is 0.624. The van der Waals surface area contributed by atoms with Gasteiger partial charge in [-0.3, -0.25) is 0 Å². The van der Waals surface area contributed by atoms with Gasteiger partial charge < -0.3 is 10.2 Å². The molecule has 15 heavy (non-hydrogen) atoms. The first-order chi connectivity index (χ1) is 6.91. The van der Waals surface area contributed by atoms with E-state index in [-0.39, 0.29) is 13.1 Å². The van der Waals surface area contributed by atoms with Crippen molar-refractivity contribution in [2.24, 2.45) is 0 Å². The highest BCUT2D eigenvalue weighted by Gasteiger charge is 2.22. The lowest BCUT2D eigenvalue weighted by Gasteiger charge is -1.95. The molecule has 1 aromatic rings. The second-order valence-electron chi connectivity index (χ2n) is 3.13. The second-order valence-corrected chi connectivity index (χ2v) is 3.13. The largest absolute Gasteiger partial charge is 0.479 e. The monoisotopic (exact) mass is 214 g/mol. The van der Waals surface area contributed by atoms with Crippen molar-refractivity contribution >= 4 is 11.9 Å². The molecule has 0 amide bonds. The van der Waals surface area contributed by atoms with E-state index in [1.165, 1.54) is 9.25 Å². The second kappa shape index (κ2) is 4.07. The van der Waals surface area contributed by atoms with E-state index in [1.807, 2.05) is 0 Å². The van der Waals surface area contributed by atoms with Gasteiger partial charge in [0.15, 0.2) is 6.54 Å². The Kier molecular flexibility index (Phi) is 3.03. The first-order valence-electron chi connectivity index (χ1n) is 4.29. The third-order valence-corrected chi connectivity index (χ3v) is 2.00. The maximum atomic E-state index is 10.5. The van der Waals surface area contributed by atoms with Crippen molar-refractivity contribution in [3.8, 4) is 0 Å². The Morgan fingerprint density at radius 1 is 1.33 bits per heavy atom. The van der Waals surface area contributed by atoms with Gasteiger partial charge in [-0.05, 0) is 0 Å². The topological polar surface area (TPSA) is 96.3 Å². The number of aromatic nitrogens is 3. The van der Waals surface area contributed by atoms with Crippen LogP contribution >= 0.6 is 0 Å². The van der Waals surface area contributed by atoms with Crippen LogP contribution in [0.2, 0.25) is 0 Å². The average molecular weight is 214 g/mol. The minimum absolute atomic E-state index is 0.211. The fraction of sp³-hybridized carbons (Fsp3) is 0.500. The molecule has 0 unspecified atom stereocenters. The predicted octanol–water partition coefficient (Wildman–Crippen LogP) is -1.04. The smallest absolute Gasteiger partial charge is 0.341 e. The van der Waals surface area contributed by atoms with E-state index in [1.54, 1.807) is 13.8 Å². The van der Waals surface area contributed by atoms with Crippen LogP contribution in [0, 0.1) is 13.8 Å². The van der Waals surface area contributed by atoms with Gasteiger partial charge in [-0.15, -0.1) is 4.68 Å². The van der Waals surface area contributed by atoms with Gasteiger partial charge in [-0.25, -0.2) is 14.2 Å². The van der Waals surface area contributed by atoms with Crippen molar-refractivity contribution in [1.82, 2.24) is 9.78 Å². The molecule has 1 rings (SSSR count). The minimum Gasteiger partial charge on any atom is -0.479 e. The number of carboxylic acid groups (broad SMARTS) is 2. The molecule has 2 N–H and O–H groups in total. The number of nitrogens with zero attached hydrogens (tertiary/aromatic N) is 3. The number of hydrogen-bond acceptors (Lipinski definition) is 3. The Labute approximate surface area is 85.6 Å². The van der Waals surface area contributed by atoms with Crippen molar-refractivity contribution in [3.05, 3.63) is 11.6 Å². The van der Waals surface area contributed by atoms with Gasteiger partial charge in [-0.1, -0.05) is 0 Å². The van der Waals surface area contributed by atoms with Crippen LogP contribution in [0.25, 0.3) is 0 Å². The fourth-order valence-electron chi connectivity index (χ4n) is 1.32. The highest BCUT2D eigenvalue weighted by atomic mass is 16.4. The predicted molar refractivity (Wildman–Crippen MR) is 47.2 cm³/mol. The third kappa shape index (κ3) is 2.52. The zero-order valence-electron chi connectivity index (χ0n) is 8.47. The molecule has 0 saturated carbocycles. The molecule has 0 aliphatic rings. The first-order valence-corrected chi connectivity index (χ1v) is 4.29. The lowest BCUT2D eigenvalue weighted by molar-refractivity contribution is -0.698. The summed E-state index contributed by atoms with van der Waals surface area (Å²) in [6.07, 6.45) is 0.